The topological polar surface area (TPSA) is 86.6 Å². The highest BCUT2D eigenvalue weighted by Crippen LogP contribution is 2.30. The Labute approximate surface area is 94.8 Å². The van der Waals surface area contributed by atoms with Crippen molar-refractivity contribution in [1.82, 2.24) is 5.32 Å². The number of hydrogen-bond acceptors (Lipinski definition) is 3. The van der Waals surface area contributed by atoms with Crippen LogP contribution in [0.15, 0.2) is 0 Å². The average molecular weight is 229 g/mol. The minimum absolute atomic E-state index is 0.129. The fourth-order valence-electron chi connectivity index (χ4n) is 2.14. The quantitative estimate of drug-likeness (QED) is 0.650. The van der Waals surface area contributed by atoms with Crippen LogP contribution >= 0.6 is 0 Å². The fraction of sp³-hybridized carbons (Fsp3) is 0.818. The minimum Gasteiger partial charge on any atom is -0.481 e. The van der Waals surface area contributed by atoms with E-state index in [1.807, 2.05) is 0 Å². The summed E-state index contributed by atoms with van der Waals surface area (Å²) in [6.45, 7) is 1.56. The first-order valence-corrected chi connectivity index (χ1v) is 5.70. The number of carbonyl (C=O) groups is 2. The standard InChI is InChI=1S/C11H19NO4/c1-7(6-13)12-10(14)8-4-2-3-5-9(8)11(15)16/h7-9,13H,2-6H2,1H3,(H,12,14)(H,15,16)/t7-,8?,9?/m1/s1. The monoisotopic (exact) mass is 229 g/mol. The third kappa shape index (κ3) is 3.20. The Morgan fingerprint density at radius 2 is 1.88 bits per heavy atom. The van der Waals surface area contributed by atoms with Gasteiger partial charge in [0.15, 0.2) is 0 Å². The predicted molar refractivity (Wildman–Crippen MR) is 57.8 cm³/mol. The highest BCUT2D eigenvalue weighted by Gasteiger charge is 2.35. The second kappa shape index (κ2) is 5.84. The highest BCUT2D eigenvalue weighted by molar-refractivity contribution is 5.85. The molecule has 0 aliphatic heterocycles. The molecule has 3 N–H and O–H groups in total. The SMILES string of the molecule is C[C@H](CO)NC(=O)C1CCCCC1C(=O)O. The van der Waals surface area contributed by atoms with Crippen LogP contribution in [0.3, 0.4) is 0 Å². The Balaban J connectivity index is 2.60. The van der Waals surface area contributed by atoms with Gasteiger partial charge in [-0.05, 0) is 19.8 Å². The maximum atomic E-state index is 11.8. The van der Waals surface area contributed by atoms with Gasteiger partial charge in [-0.1, -0.05) is 12.8 Å². The molecule has 0 aromatic rings. The van der Waals surface area contributed by atoms with E-state index >= 15 is 0 Å². The van der Waals surface area contributed by atoms with E-state index < -0.39 is 17.8 Å². The Hall–Kier alpha value is -1.10. The van der Waals surface area contributed by atoms with Gasteiger partial charge in [0.25, 0.3) is 0 Å². The highest BCUT2D eigenvalue weighted by atomic mass is 16.4. The zero-order valence-electron chi connectivity index (χ0n) is 9.48. The van der Waals surface area contributed by atoms with Crippen molar-refractivity contribution in [3.63, 3.8) is 0 Å². The lowest BCUT2D eigenvalue weighted by molar-refractivity contribution is -0.149. The van der Waals surface area contributed by atoms with Gasteiger partial charge in [-0.3, -0.25) is 9.59 Å². The van der Waals surface area contributed by atoms with Crippen LogP contribution in [0, 0.1) is 11.8 Å². The number of aliphatic carboxylic acids is 1. The number of hydrogen-bond donors (Lipinski definition) is 3. The van der Waals surface area contributed by atoms with Crippen LogP contribution in [0.5, 0.6) is 0 Å². The zero-order chi connectivity index (χ0) is 12.1. The molecule has 3 atom stereocenters. The van der Waals surface area contributed by atoms with Gasteiger partial charge in [0.2, 0.25) is 5.91 Å². The number of aliphatic hydroxyl groups is 1. The van der Waals surface area contributed by atoms with E-state index in [4.69, 9.17) is 10.2 Å². The minimum atomic E-state index is -0.892. The van der Waals surface area contributed by atoms with Crippen molar-refractivity contribution in [3.8, 4) is 0 Å². The Morgan fingerprint density at radius 1 is 1.31 bits per heavy atom. The first kappa shape index (κ1) is 13.0. The number of carboxylic acids is 1. The molecule has 0 bridgehead atoms. The van der Waals surface area contributed by atoms with Crippen molar-refractivity contribution in [3.05, 3.63) is 0 Å². The summed E-state index contributed by atoms with van der Waals surface area (Å²) in [4.78, 5) is 22.8. The normalized spacial score (nSPS) is 27.1. The largest absolute Gasteiger partial charge is 0.481 e. The number of nitrogens with one attached hydrogen (secondary N) is 1. The molecule has 0 heterocycles. The third-order valence-corrected chi connectivity index (χ3v) is 3.08. The van der Waals surface area contributed by atoms with E-state index in [-0.39, 0.29) is 18.6 Å². The zero-order valence-corrected chi connectivity index (χ0v) is 9.48. The van der Waals surface area contributed by atoms with E-state index in [2.05, 4.69) is 5.32 Å². The van der Waals surface area contributed by atoms with Crippen LogP contribution in [0.2, 0.25) is 0 Å². The van der Waals surface area contributed by atoms with E-state index in [1.54, 1.807) is 6.92 Å². The molecular weight excluding hydrogens is 210 g/mol. The van der Waals surface area contributed by atoms with Crippen molar-refractivity contribution in [2.45, 2.75) is 38.6 Å². The molecule has 1 rings (SSSR count). The van der Waals surface area contributed by atoms with Gasteiger partial charge in [-0.2, -0.15) is 0 Å². The molecule has 5 heteroatoms. The molecule has 16 heavy (non-hydrogen) atoms. The summed E-state index contributed by atoms with van der Waals surface area (Å²) in [7, 11) is 0. The second-order valence-electron chi connectivity index (χ2n) is 4.43. The maximum absolute atomic E-state index is 11.8. The second-order valence-corrected chi connectivity index (χ2v) is 4.43. The summed E-state index contributed by atoms with van der Waals surface area (Å²) in [5.41, 5.74) is 0. The molecule has 1 aliphatic rings. The van der Waals surface area contributed by atoms with E-state index in [9.17, 15) is 9.59 Å². The number of carboxylic acid groups (broad SMARTS) is 1. The van der Waals surface area contributed by atoms with Crippen LogP contribution < -0.4 is 5.32 Å². The molecule has 0 aromatic heterocycles. The maximum Gasteiger partial charge on any atom is 0.307 e. The number of rotatable bonds is 4. The van der Waals surface area contributed by atoms with Crippen molar-refractivity contribution < 1.29 is 19.8 Å². The van der Waals surface area contributed by atoms with E-state index in [0.717, 1.165) is 12.8 Å². The average Bonchev–Trinajstić information content (AvgIpc) is 2.28. The summed E-state index contributed by atoms with van der Waals surface area (Å²) < 4.78 is 0. The van der Waals surface area contributed by atoms with Crippen LogP contribution in [0.4, 0.5) is 0 Å². The number of aliphatic hydroxyl groups excluding tert-OH is 1. The van der Waals surface area contributed by atoms with Gasteiger partial charge in [-0.15, -0.1) is 0 Å². The smallest absolute Gasteiger partial charge is 0.307 e. The lowest BCUT2D eigenvalue weighted by Crippen LogP contribution is -2.44. The number of amides is 1. The lowest BCUT2D eigenvalue weighted by atomic mass is 9.78. The van der Waals surface area contributed by atoms with Gasteiger partial charge < -0.3 is 15.5 Å². The lowest BCUT2D eigenvalue weighted by Gasteiger charge is -2.28. The summed E-state index contributed by atoms with van der Waals surface area (Å²) >= 11 is 0. The van der Waals surface area contributed by atoms with Gasteiger partial charge in [0.05, 0.1) is 18.4 Å². The molecule has 92 valence electrons. The molecular formula is C11H19NO4. The van der Waals surface area contributed by atoms with Crippen LogP contribution in [0.25, 0.3) is 0 Å². The van der Waals surface area contributed by atoms with Gasteiger partial charge in [0, 0.05) is 6.04 Å². The Kier molecular flexibility index (Phi) is 4.73. The Morgan fingerprint density at radius 3 is 2.38 bits per heavy atom. The summed E-state index contributed by atoms with van der Waals surface area (Å²) in [5, 5.41) is 20.5. The van der Waals surface area contributed by atoms with Gasteiger partial charge in [0.1, 0.15) is 0 Å². The third-order valence-electron chi connectivity index (χ3n) is 3.08. The molecule has 1 aliphatic carbocycles. The first-order valence-electron chi connectivity index (χ1n) is 5.70. The summed E-state index contributed by atoms with van der Waals surface area (Å²) in [6.07, 6.45) is 2.97. The fourth-order valence-corrected chi connectivity index (χ4v) is 2.14. The van der Waals surface area contributed by atoms with Crippen molar-refractivity contribution in [2.24, 2.45) is 11.8 Å². The number of carbonyl (C=O) groups excluding carboxylic acids is 1. The van der Waals surface area contributed by atoms with E-state index in [1.165, 1.54) is 0 Å². The van der Waals surface area contributed by atoms with Crippen LogP contribution in [0.1, 0.15) is 32.6 Å². The molecule has 0 saturated heterocycles. The predicted octanol–water partition coefficient (Wildman–Crippen LogP) is 0.374. The van der Waals surface area contributed by atoms with Gasteiger partial charge in [-0.25, -0.2) is 0 Å². The summed E-state index contributed by atoms with van der Waals surface area (Å²) in [5.74, 6) is -2.15. The molecule has 0 spiro atoms. The molecule has 2 unspecified atom stereocenters. The molecule has 0 radical (unpaired) electrons. The first-order chi connectivity index (χ1) is 7.56. The Bertz CT molecular complexity index is 267. The van der Waals surface area contributed by atoms with E-state index in [0.29, 0.717) is 12.8 Å². The van der Waals surface area contributed by atoms with Crippen LogP contribution in [-0.2, 0) is 9.59 Å². The molecule has 1 amide bonds. The molecule has 1 fully saturated rings. The van der Waals surface area contributed by atoms with Crippen molar-refractivity contribution >= 4 is 11.9 Å². The van der Waals surface area contributed by atoms with Crippen molar-refractivity contribution in [1.29, 1.82) is 0 Å². The van der Waals surface area contributed by atoms with Crippen molar-refractivity contribution in [2.75, 3.05) is 6.61 Å². The summed E-state index contributed by atoms with van der Waals surface area (Å²) in [6, 6.07) is -0.316. The van der Waals surface area contributed by atoms with Crippen LogP contribution in [-0.4, -0.2) is 34.7 Å². The molecule has 0 aromatic carbocycles. The molecule has 1 saturated carbocycles. The van der Waals surface area contributed by atoms with Gasteiger partial charge >= 0.3 is 5.97 Å². The molecule has 5 nitrogen and oxygen atoms in total.